The lowest BCUT2D eigenvalue weighted by atomic mass is 9.85. The molecule has 2 saturated carbocycles. The lowest BCUT2D eigenvalue weighted by molar-refractivity contribution is -0.154. The van der Waals surface area contributed by atoms with Crippen molar-refractivity contribution in [1.29, 1.82) is 0 Å². The van der Waals surface area contributed by atoms with Crippen LogP contribution < -0.4 is 21.3 Å². The number of ether oxygens (including phenoxy) is 1. The van der Waals surface area contributed by atoms with E-state index in [9.17, 15) is 41.9 Å². The van der Waals surface area contributed by atoms with E-state index in [1.165, 1.54) is 4.90 Å². The SMILES string of the molecule is CNC(=O)C(=O)C(CCC(F)(F)F)NC(=O)[C@@H]1[C@@H]2[C@H](CN1C(=O)[C@@H](NC(=O)N[C@H](C(=O)OC1CCCC1)C(C)(C)C)C(C)(C)C)C2(C)C. The summed E-state index contributed by atoms with van der Waals surface area (Å²) in [6.45, 7) is 14.4. The summed E-state index contributed by atoms with van der Waals surface area (Å²) in [7, 11) is 1.15. The average molecular weight is 688 g/mol. The molecule has 0 aromatic carbocycles. The molecule has 4 N–H and O–H groups in total. The average Bonchev–Trinajstić information content (AvgIpc) is 3.38. The number of likely N-dealkylation sites (N-methyl/N-ethyl adjacent to an activating group) is 1. The number of fused-ring (bicyclic) bond motifs is 1. The third-order valence-corrected chi connectivity index (χ3v) is 9.91. The van der Waals surface area contributed by atoms with E-state index in [-0.39, 0.29) is 29.9 Å². The highest BCUT2D eigenvalue weighted by Gasteiger charge is 2.70. The van der Waals surface area contributed by atoms with Crippen molar-refractivity contribution >= 4 is 35.5 Å². The highest BCUT2D eigenvalue weighted by Crippen LogP contribution is 2.65. The first kappa shape index (κ1) is 39.1. The molecule has 272 valence electrons. The van der Waals surface area contributed by atoms with E-state index < -0.39 is 89.5 Å². The van der Waals surface area contributed by atoms with Gasteiger partial charge < -0.3 is 30.9 Å². The molecular weight excluding hydrogens is 635 g/mol. The minimum atomic E-state index is -4.64. The molecular formula is C33H52F3N5O7. The second kappa shape index (κ2) is 14.2. The molecule has 12 nitrogen and oxygen atoms in total. The van der Waals surface area contributed by atoms with Crippen molar-refractivity contribution in [3.8, 4) is 0 Å². The number of nitrogens with zero attached hydrogens (tertiary/aromatic N) is 1. The second-order valence-corrected chi connectivity index (χ2v) is 16.1. The zero-order valence-corrected chi connectivity index (χ0v) is 29.4. The Hall–Kier alpha value is -3.39. The number of Topliss-reactive ketones (excluding diaryl/α,β-unsaturated/α-hetero) is 1. The van der Waals surface area contributed by atoms with Gasteiger partial charge in [0.25, 0.3) is 5.91 Å². The molecule has 0 aromatic rings. The molecule has 5 amide bonds. The molecule has 3 aliphatic rings. The summed E-state index contributed by atoms with van der Waals surface area (Å²) in [5.74, 6) is -4.92. The summed E-state index contributed by atoms with van der Waals surface area (Å²) in [5, 5.41) is 9.80. The number of ketones is 1. The molecule has 0 spiro atoms. The largest absolute Gasteiger partial charge is 0.461 e. The number of nitrogens with one attached hydrogen (secondary N) is 4. The van der Waals surface area contributed by atoms with E-state index in [1.54, 1.807) is 41.5 Å². The lowest BCUT2D eigenvalue weighted by Gasteiger charge is -2.38. The Labute approximate surface area is 280 Å². The molecule has 1 aliphatic heterocycles. The van der Waals surface area contributed by atoms with Gasteiger partial charge >= 0.3 is 18.2 Å². The molecule has 6 atom stereocenters. The Kier molecular flexibility index (Phi) is 11.6. The van der Waals surface area contributed by atoms with Crippen LogP contribution in [-0.4, -0.2) is 90.4 Å². The highest BCUT2D eigenvalue weighted by atomic mass is 19.4. The zero-order valence-electron chi connectivity index (χ0n) is 29.4. The summed E-state index contributed by atoms with van der Waals surface area (Å²) >= 11 is 0. The normalized spacial score (nSPS) is 24.1. The Morgan fingerprint density at radius 2 is 1.42 bits per heavy atom. The van der Waals surface area contributed by atoms with Crippen LogP contribution >= 0.6 is 0 Å². The Morgan fingerprint density at radius 1 is 0.875 bits per heavy atom. The van der Waals surface area contributed by atoms with Gasteiger partial charge in [-0.05, 0) is 60.2 Å². The summed E-state index contributed by atoms with van der Waals surface area (Å²) in [5.41, 5.74) is -2.00. The predicted octanol–water partition coefficient (Wildman–Crippen LogP) is 3.23. The van der Waals surface area contributed by atoms with Crippen LogP contribution in [0.5, 0.6) is 0 Å². The van der Waals surface area contributed by atoms with Crippen molar-refractivity contribution in [3.63, 3.8) is 0 Å². The van der Waals surface area contributed by atoms with E-state index in [2.05, 4.69) is 21.3 Å². The molecule has 0 bridgehead atoms. The lowest BCUT2D eigenvalue weighted by Crippen LogP contribution is -2.62. The molecule has 3 fully saturated rings. The monoisotopic (exact) mass is 687 g/mol. The van der Waals surface area contributed by atoms with Gasteiger partial charge in [-0.1, -0.05) is 55.4 Å². The predicted molar refractivity (Wildman–Crippen MR) is 169 cm³/mol. The van der Waals surface area contributed by atoms with E-state index in [0.29, 0.717) is 0 Å². The summed E-state index contributed by atoms with van der Waals surface area (Å²) < 4.78 is 44.9. The number of hydrogen-bond donors (Lipinski definition) is 4. The first-order valence-corrected chi connectivity index (χ1v) is 16.6. The van der Waals surface area contributed by atoms with Crippen molar-refractivity contribution in [2.24, 2.45) is 28.1 Å². The van der Waals surface area contributed by atoms with E-state index in [1.807, 2.05) is 13.8 Å². The van der Waals surface area contributed by atoms with Crippen LogP contribution in [0.1, 0.15) is 93.9 Å². The van der Waals surface area contributed by atoms with Gasteiger partial charge in [-0.15, -0.1) is 0 Å². The van der Waals surface area contributed by atoms with Crippen molar-refractivity contribution in [2.45, 2.75) is 130 Å². The van der Waals surface area contributed by atoms with Gasteiger partial charge in [0, 0.05) is 20.0 Å². The van der Waals surface area contributed by atoms with Crippen LogP contribution in [0, 0.1) is 28.1 Å². The molecule has 15 heteroatoms. The quantitative estimate of drug-likeness (QED) is 0.192. The second-order valence-electron chi connectivity index (χ2n) is 16.1. The maximum atomic E-state index is 14.2. The van der Waals surface area contributed by atoms with Crippen molar-refractivity contribution in [3.05, 3.63) is 0 Å². The molecule has 48 heavy (non-hydrogen) atoms. The van der Waals surface area contributed by atoms with Crippen LogP contribution in [0.25, 0.3) is 0 Å². The van der Waals surface area contributed by atoms with Crippen LogP contribution in [0.2, 0.25) is 0 Å². The number of piperidine rings is 1. The van der Waals surface area contributed by atoms with Crippen LogP contribution in [0.3, 0.4) is 0 Å². The maximum Gasteiger partial charge on any atom is 0.389 e. The molecule has 0 aromatic heterocycles. The maximum absolute atomic E-state index is 14.2. The van der Waals surface area contributed by atoms with Gasteiger partial charge in [0.1, 0.15) is 24.2 Å². The van der Waals surface area contributed by atoms with Crippen molar-refractivity contribution in [2.75, 3.05) is 13.6 Å². The molecule has 2 aliphatic carbocycles. The van der Waals surface area contributed by atoms with Crippen molar-refractivity contribution in [1.82, 2.24) is 26.2 Å². The number of rotatable bonds is 11. The molecule has 1 unspecified atom stereocenters. The van der Waals surface area contributed by atoms with E-state index >= 15 is 0 Å². The standard InChI is InChI=1S/C33H52F3N5O7/c1-30(2,3)23(39-29(47)40-24(31(4,5)6)28(46)48-17-12-10-11-13-17)27(45)41-16-18-20(32(18,7)8)21(41)25(43)38-19(14-15-33(34,35)36)22(42)26(44)37-9/h17-21,23-24H,10-16H2,1-9H3,(H,37,44)(H,38,43)(H2,39,40,47)/t18-,19?,20-,21-,23+,24+/m0/s1. The van der Waals surface area contributed by atoms with Gasteiger partial charge in [-0.3, -0.25) is 19.2 Å². The highest BCUT2D eigenvalue weighted by molar-refractivity contribution is 6.38. The van der Waals surface area contributed by atoms with Crippen LogP contribution in [0.4, 0.5) is 18.0 Å². The fourth-order valence-electron chi connectivity index (χ4n) is 6.91. The Morgan fingerprint density at radius 3 is 1.92 bits per heavy atom. The van der Waals surface area contributed by atoms with Gasteiger partial charge in [-0.25, -0.2) is 9.59 Å². The topological polar surface area (TPSA) is 163 Å². The number of hydrogen-bond acceptors (Lipinski definition) is 7. The zero-order chi connectivity index (χ0) is 36.6. The smallest absolute Gasteiger partial charge is 0.389 e. The molecule has 1 heterocycles. The van der Waals surface area contributed by atoms with E-state index in [4.69, 9.17) is 4.74 Å². The van der Waals surface area contributed by atoms with Crippen LogP contribution in [0.15, 0.2) is 0 Å². The third kappa shape index (κ3) is 9.19. The fraction of sp³-hybridized carbons (Fsp3) is 0.818. The number of urea groups is 1. The first-order valence-electron chi connectivity index (χ1n) is 16.6. The minimum Gasteiger partial charge on any atom is -0.461 e. The number of carbonyl (C=O) groups excluding carboxylic acids is 6. The first-order chi connectivity index (χ1) is 21.9. The van der Waals surface area contributed by atoms with Crippen LogP contribution in [-0.2, 0) is 28.7 Å². The summed E-state index contributed by atoms with van der Waals surface area (Å²) in [6.07, 6.45) is -3.72. The molecule has 0 radical (unpaired) electrons. The number of esters is 1. The van der Waals surface area contributed by atoms with Gasteiger partial charge in [-0.2, -0.15) is 13.2 Å². The van der Waals surface area contributed by atoms with Gasteiger partial charge in [0.15, 0.2) is 0 Å². The number of amides is 5. The third-order valence-electron chi connectivity index (χ3n) is 9.91. The van der Waals surface area contributed by atoms with E-state index in [0.717, 1.165) is 32.7 Å². The summed E-state index contributed by atoms with van der Waals surface area (Å²) in [4.78, 5) is 80.6. The van der Waals surface area contributed by atoms with Gasteiger partial charge in [0.2, 0.25) is 17.6 Å². The number of likely N-dealkylation sites (tertiary alicyclic amines) is 1. The number of alkyl halides is 3. The fourth-order valence-corrected chi connectivity index (χ4v) is 6.91. The molecule has 1 saturated heterocycles. The molecule has 3 rings (SSSR count). The number of halogens is 3. The number of carbonyl (C=O) groups is 6. The van der Waals surface area contributed by atoms with Gasteiger partial charge in [0.05, 0.1) is 6.04 Å². The summed E-state index contributed by atoms with van der Waals surface area (Å²) in [6, 6.07) is -5.94. The Bertz CT molecular complexity index is 1270. The Balaban J connectivity index is 1.83. The minimum absolute atomic E-state index is 0.120. The van der Waals surface area contributed by atoms with Crippen molar-refractivity contribution < 1.29 is 46.7 Å².